The van der Waals surface area contributed by atoms with E-state index < -0.39 is 0 Å². The van der Waals surface area contributed by atoms with Crippen molar-refractivity contribution < 1.29 is 9.47 Å². The third-order valence-corrected chi connectivity index (χ3v) is 4.03. The van der Waals surface area contributed by atoms with Crippen molar-refractivity contribution >= 4 is 5.96 Å². The molecule has 1 aromatic heterocycles. The molecule has 0 fully saturated rings. The van der Waals surface area contributed by atoms with Gasteiger partial charge in [-0.1, -0.05) is 12.1 Å². The standard InChI is InChI=1S/C20H31N5O2/c1-4-26-12-13-27-19-14-17(2)6-7-18(19)15-24-20(21-3)23-8-5-10-25-11-9-22-16-25/h6-7,9,11,14,16H,4-5,8,10,12-13,15H2,1-3H3,(H2,21,23,24). The molecule has 1 heterocycles. The van der Waals surface area contributed by atoms with Gasteiger partial charge in [-0.2, -0.15) is 0 Å². The number of benzene rings is 1. The van der Waals surface area contributed by atoms with Gasteiger partial charge in [-0.15, -0.1) is 0 Å². The van der Waals surface area contributed by atoms with Crippen LogP contribution in [-0.2, 0) is 17.8 Å². The van der Waals surface area contributed by atoms with E-state index in [0.29, 0.717) is 26.4 Å². The van der Waals surface area contributed by atoms with E-state index in [0.717, 1.165) is 36.8 Å². The molecule has 0 bridgehead atoms. The fourth-order valence-corrected chi connectivity index (χ4v) is 2.58. The van der Waals surface area contributed by atoms with Gasteiger partial charge in [0.1, 0.15) is 12.4 Å². The minimum atomic E-state index is 0.547. The van der Waals surface area contributed by atoms with Gasteiger partial charge in [-0.25, -0.2) is 4.98 Å². The molecule has 0 spiro atoms. The summed E-state index contributed by atoms with van der Waals surface area (Å²) >= 11 is 0. The Kier molecular flexibility index (Phi) is 9.20. The second-order valence-corrected chi connectivity index (χ2v) is 6.16. The molecule has 0 radical (unpaired) electrons. The molecule has 0 unspecified atom stereocenters. The maximum atomic E-state index is 5.89. The molecule has 148 valence electrons. The van der Waals surface area contributed by atoms with E-state index in [1.54, 1.807) is 13.2 Å². The zero-order valence-electron chi connectivity index (χ0n) is 16.6. The van der Waals surface area contributed by atoms with Gasteiger partial charge in [0.05, 0.1) is 12.9 Å². The molecule has 2 rings (SSSR count). The number of nitrogens with zero attached hydrogens (tertiary/aromatic N) is 3. The first-order valence-corrected chi connectivity index (χ1v) is 9.43. The van der Waals surface area contributed by atoms with Gasteiger partial charge in [-0.05, 0) is 31.9 Å². The van der Waals surface area contributed by atoms with Gasteiger partial charge in [0, 0.05) is 51.2 Å². The number of imidazole rings is 1. The van der Waals surface area contributed by atoms with Crippen LogP contribution in [0.15, 0.2) is 41.9 Å². The zero-order valence-corrected chi connectivity index (χ0v) is 16.6. The zero-order chi connectivity index (χ0) is 19.3. The highest BCUT2D eigenvalue weighted by atomic mass is 16.5. The number of hydrogen-bond donors (Lipinski definition) is 2. The minimum absolute atomic E-state index is 0.547. The Labute approximate surface area is 161 Å². The molecule has 2 aromatic rings. The molecule has 0 atom stereocenters. The van der Waals surface area contributed by atoms with Gasteiger partial charge in [0.25, 0.3) is 0 Å². The van der Waals surface area contributed by atoms with Crippen molar-refractivity contribution in [3.8, 4) is 5.75 Å². The van der Waals surface area contributed by atoms with Crippen LogP contribution in [0.2, 0.25) is 0 Å². The molecule has 0 saturated heterocycles. The molecule has 0 amide bonds. The lowest BCUT2D eigenvalue weighted by atomic mass is 10.1. The first kappa shape index (κ1) is 20.8. The molecule has 7 heteroatoms. The minimum Gasteiger partial charge on any atom is -0.491 e. The predicted molar refractivity (Wildman–Crippen MR) is 108 cm³/mol. The summed E-state index contributed by atoms with van der Waals surface area (Å²) in [5.41, 5.74) is 2.27. The Morgan fingerprint density at radius 3 is 2.89 bits per heavy atom. The van der Waals surface area contributed by atoms with Crippen molar-refractivity contribution in [1.29, 1.82) is 0 Å². The molecule has 2 N–H and O–H groups in total. The first-order valence-electron chi connectivity index (χ1n) is 9.43. The number of nitrogens with one attached hydrogen (secondary N) is 2. The normalized spacial score (nSPS) is 11.4. The van der Waals surface area contributed by atoms with Crippen LogP contribution in [0.3, 0.4) is 0 Å². The average molecular weight is 374 g/mol. The number of aliphatic imine (C=N–C) groups is 1. The van der Waals surface area contributed by atoms with Crippen molar-refractivity contribution in [2.24, 2.45) is 4.99 Å². The van der Waals surface area contributed by atoms with Crippen LogP contribution in [0.1, 0.15) is 24.5 Å². The number of aryl methyl sites for hydroxylation is 2. The molecule has 0 aliphatic rings. The van der Waals surface area contributed by atoms with Gasteiger partial charge in [0.15, 0.2) is 5.96 Å². The van der Waals surface area contributed by atoms with Crippen molar-refractivity contribution in [3.63, 3.8) is 0 Å². The largest absolute Gasteiger partial charge is 0.491 e. The maximum Gasteiger partial charge on any atom is 0.191 e. The molecular formula is C20H31N5O2. The Morgan fingerprint density at radius 2 is 2.15 bits per heavy atom. The van der Waals surface area contributed by atoms with Crippen LogP contribution in [0.5, 0.6) is 5.75 Å². The van der Waals surface area contributed by atoms with Crippen molar-refractivity contribution in [3.05, 3.63) is 48.0 Å². The average Bonchev–Trinajstić information content (AvgIpc) is 3.19. The molecule has 0 aliphatic carbocycles. The van der Waals surface area contributed by atoms with E-state index in [9.17, 15) is 0 Å². The summed E-state index contributed by atoms with van der Waals surface area (Å²) in [5.74, 6) is 1.67. The Bertz CT molecular complexity index is 686. The highest BCUT2D eigenvalue weighted by Gasteiger charge is 2.06. The predicted octanol–water partition coefficient (Wildman–Crippen LogP) is 2.36. The number of ether oxygens (including phenoxy) is 2. The van der Waals surface area contributed by atoms with Crippen molar-refractivity contribution in [2.45, 2.75) is 33.4 Å². The van der Waals surface area contributed by atoms with E-state index in [-0.39, 0.29) is 0 Å². The van der Waals surface area contributed by atoms with E-state index in [4.69, 9.17) is 9.47 Å². The SMILES string of the molecule is CCOCCOc1cc(C)ccc1CNC(=NC)NCCCn1ccnc1. The highest BCUT2D eigenvalue weighted by Crippen LogP contribution is 2.20. The number of aromatic nitrogens is 2. The summed E-state index contributed by atoms with van der Waals surface area (Å²) in [5, 5.41) is 6.69. The smallest absolute Gasteiger partial charge is 0.191 e. The fourth-order valence-electron chi connectivity index (χ4n) is 2.58. The molecule has 0 aliphatic heterocycles. The Balaban J connectivity index is 1.78. The van der Waals surface area contributed by atoms with E-state index in [1.165, 1.54) is 5.56 Å². The fraction of sp³-hybridized carbons (Fsp3) is 0.500. The lowest BCUT2D eigenvalue weighted by Crippen LogP contribution is -2.37. The number of hydrogen-bond acceptors (Lipinski definition) is 4. The van der Waals surface area contributed by atoms with E-state index in [2.05, 4.69) is 50.3 Å². The van der Waals surface area contributed by atoms with E-state index in [1.807, 2.05) is 19.4 Å². The second-order valence-electron chi connectivity index (χ2n) is 6.16. The number of rotatable bonds is 11. The van der Waals surface area contributed by atoms with Crippen LogP contribution in [-0.4, -0.2) is 48.9 Å². The van der Waals surface area contributed by atoms with Gasteiger partial charge >= 0.3 is 0 Å². The summed E-state index contributed by atoms with van der Waals surface area (Å²) in [4.78, 5) is 8.33. The highest BCUT2D eigenvalue weighted by molar-refractivity contribution is 5.79. The lowest BCUT2D eigenvalue weighted by Gasteiger charge is -2.15. The Morgan fingerprint density at radius 1 is 1.26 bits per heavy atom. The van der Waals surface area contributed by atoms with Crippen LogP contribution in [0.4, 0.5) is 0 Å². The summed E-state index contributed by atoms with van der Waals surface area (Å²) in [6.07, 6.45) is 6.59. The topological polar surface area (TPSA) is 72.7 Å². The van der Waals surface area contributed by atoms with Gasteiger partial charge < -0.3 is 24.7 Å². The third-order valence-electron chi connectivity index (χ3n) is 4.03. The molecule has 7 nitrogen and oxygen atoms in total. The van der Waals surface area contributed by atoms with Crippen LogP contribution in [0.25, 0.3) is 0 Å². The quantitative estimate of drug-likeness (QED) is 0.359. The summed E-state index contributed by atoms with van der Waals surface area (Å²) < 4.78 is 13.3. The van der Waals surface area contributed by atoms with Gasteiger partial charge in [-0.3, -0.25) is 4.99 Å². The monoisotopic (exact) mass is 373 g/mol. The molecule has 27 heavy (non-hydrogen) atoms. The Hall–Kier alpha value is -2.54. The maximum absolute atomic E-state index is 5.89. The van der Waals surface area contributed by atoms with E-state index >= 15 is 0 Å². The van der Waals surface area contributed by atoms with Crippen LogP contribution < -0.4 is 15.4 Å². The summed E-state index contributed by atoms with van der Waals surface area (Å²) in [7, 11) is 1.78. The van der Waals surface area contributed by atoms with Gasteiger partial charge in [0.2, 0.25) is 0 Å². The molecule has 0 saturated carbocycles. The molecule has 1 aromatic carbocycles. The summed E-state index contributed by atoms with van der Waals surface area (Å²) in [6.45, 7) is 8.30. The van der Waals surface area contributed by atoms with Crippen molar-refractivity contribution in [1.82, 2.24) is 20.2 Å². The third kappa shape index (κ3) is 7.70. The second kappa shape index (κ2) is 12.0. The summed E-state index contributed by atoms with van der Waals surface area (Å²) in [6, 6.07) is 6.24. The first-order chi connectivity index (χ1) is 13.2. The van der Waals surface area contributed by atoms with Crippen molar-refractivity contribution in [2.75, 3.05) is 33.4 Å². The van der Waals surface area contributed by atoms with Crippen LogP contribution >= 0.6 is 0 Å². The number of guanidine groups is 1. The van der Waals surface area contributed by atoms with Crippen LogP contribution in [0, 0.1) is 6.92 Å². The molecular weight excluding hydrogens is 342 g/mol. The lowest BCUT2D eigenvalue weighted by molar-refractivity contribution is 0.110.